The first-order valence-corrected chi connectivity index (χ1v) is 8.20. The van der Waals surface area contributed by atoms with E-state index in [0.717, 1.165) is 11.1 Å². The Morgan fingerprint density at radius 2 is 1.80 bits per heavy atom. The van der Waals surface area contributed by atoms with Gasteiger partial charge in [0.25, 0.3) is 0 Å². The van der Waals surface area contributed by atoms with Crippen molar-refractivity contribution >= 4 is 17.5 Å². The van der Waals surface area contributed by atoms with Crippen LogP contribution in [0, 0.1) is 0 Å². The first-order valence-electron chi connectivity index (χ1n) is 7.82. The van der Waals surface area contributed by atoms with Crippen molar-refractivity contribution in [1.82, 2.24) is 5.32 Å². The van der Waals surface area contributed by atoms with Gasteiger partial charge in [-0.3, -0.25) is 4.79 Å². The fourth-order valence-corrected chi connectivity index (χ4v) is 2.83. The highest BCUT2D eigenvalue weighted by molar-refractivity contribution is 6.30. The SMILES string of the molecule is COc1ccc(CC(=O)N[C@@H](C)c2cccc(Cl)c2)c(OC)c1OC. The smallest absolute Gasteiger partial charge is 0.225 e. The number of rotatable bonds is 7. The van der Waals surface area contributed by atoms with Gasteiger partial charge in [0.1, 0.15) is 0 Å². The third-order valence-corrected chi connectivity index (χ3v) is 4.10. The van der Waals surface area contributed by atoms with E-state index in [4.69, 9.17) is 25.8 Å². The summed E-state index contributed by atoms with van der Waals surface area (Å²) in [6, 6.07) is 10.8. The van der Waals surface area contributed by atoms with Crippen LogP contribution in [0.1, 0.15) is 24.1 Å². The van der Waals surface area contributed by atoms with Gasteiger partial charge >= 0.3 is 0 Å². The molecule has 6 heteroatoms. The van der Waals surface area contributed by atoms with E-state index in [0.29, 0.717) is 22.3 Å². The third kappa shape index (κ3) is 4.57. The van der Waals surface area contributed by atoms with Crippen molar-refractivity contribution < 1.29 is 19.0 Å². The van der Waals surface area contributed by atoms with Gasteiger partial charge in [0, 0.05) is 10.6 Å². The Morgan fingerprint density at radius 3 is 2.40 bits per heavy atom. The van der Waals surface area contributed by atoms with E-state index >= 15 is 0 Å². The normalized spacial score (nSPS) is 11.6. The van der Waals surface area contributed by atoms with Gasteiger partial charge in [-0.1, -0.05) is 29.8 Å². The van der Waals surface area contributed by atoms with Gasteiger partial charge in [0.05, 0.1) is 33.8 Å². The maximum absolute atomic E-state index is 12.4. The lowest BCUT2D eigenvalue weighted by atomic mass is 10.1. The summed E-state index contributed by atoms with van der Waals surface area (Å²) in [5, 5.41) is 3.60. The first-order chi connectivity index (χ1) is 12.0. The molecule has 25 heavy (non-hydrogen) atoms. The maximum atomic E-state index is 12.4. The van der Waals surface area contributed by atoms with Crippen LogP contribution in [-0.2, 0) is 11.2 Å². The van der Waals surface area contributed by atoms with E-state index in [2.05, 4.69) is 5.32 Å². The van der Waals surface area contributed by atoms with Crippen molar-refractivity contribution in [1.29, 1.82) is 0 Å². The Bertz CT molecular complexity index is 748. The van der Waals surface area contributed by atoms with Crippen molar-refractivity contribution in [2.75, 3.05) is 21.3 Å². The Hall–Kier alpha value is -2.40. The third-order valence-electron chi connectivity index (χ3n) is 3.86. The summed E-state index contributed by atoms with van der Waals surface area (Å²) in [6.45, 7) is 1.91. The molecular formula is C19H22ClNO4. The number of benzene rings is 2. The van der Waals surface area contributed by atoms with Crippen LogP contribution in [0.15, 0.2) is 36.4 Å². The average Bonchev–Trinajstić information content (AvgIpc) is 2.60. The second kappa shape index (κ2) is 8.62. The minimum absolute atomic E-state index is 0.127. The van der Waals surface area contributed by atoms with Crippen molar-refractivity contribution in [3.63, 3.8) is 0 Å². The minimum atomic E-state index is -0.155. The summed E-state index contributed by atoms with van der Waals surface area (Å²) >= 11 is 6.00. The summed E-state index contributed by atoms with van der Waals surface area (Å²) < 4.78 is 16.0. The van der Waals surface area contributed by atoms with Gasteiger partial charge in [-0.15, -0.1) is 0 Å². The summed E-state index contributed by atoms with van der Waals surface area (Å²) in [5.74, 6) is 1.39. The van der Waals surface area contributed by atoms with E-state index in [1.165, 1.54) is 14.2 Å². The molecule has 2 aromatic rings. The van der Waals surface area contributed by atoms with Gasteiger partial charge in [-0.05, 0) is 30.7 Å². The highest BCUT2D eigenvalue weighted by Crippen LogP contribution is 2.39. The van der Waals surface area contributed by atoms with E-state index < -0.39 is 0 Å². The monoisotopic (exact) mass is 363 g/mol. The van der Waals surface area contributed by atoms with Crippen LogP contribution in [0.3, 0.4) is 0 Å². The Morgan fingerprint density at radius 1 is 1.08 bits per heavy atom. The number of hydrogen-bond donors (Lipinski definition) is 1. The molecule has 0 aliphatic carbocycles. The lowest BCUT2D eigenvalue weighted by molar-refractivity contribution is -0.121. The molecule has 134 valence electrons. The zero-order valence-corrected chi connectivity index (χ0v) is 15.5. The standard InChI is InChI=1S/C19H22ClNO4/c1-12(13-6-5-7-15(20)10-13)21-17(22)11-14-8-9-16(23-2)19(25-4)18(14)24-3/h5-10,12H,11H2,1-4H3,(H,21,22)/t12-/m0/s1. The molecule has 0 aliphatic rings. The topological polar surface area (TPSA) is 56.8 Å². The van der Waals surface area contributed by atoms with Crippen molar-refractivity contribution in [3.8, 4) is 17.2 Å². The predicted molar refractivity (Wildman–Crippen MR) is 97.8 cm³/mol. The zero-order chi connectivity index (χ0) is 18.4. The van der Waals surface area contributed by atoms with Gasteiger partial charge < -0.3 is 19.5 Å². The van der Waals surface area contributed by atoms with Crippen LogP contribution in [-0.4, -0.2) is 27.2 Å². The van der Waals surface area contributed by atoms with E-state index in [-0.39, 0.29) is 18.4 Å². The van der Waals surface area contributed by atoms with E-state index in [1.54, 1.807) is 25.3 Å². The molecule has 0 bridgehead atoms. The summed E-state index contributed by atoms with van der Waals surface area (Å²) in [5.41, 5.74) is 1.66. The summed E-state index contributed by atoms with van der Waals surface area (Å²) in [4.78, 5) is 12.4. The second-order valence-corrected chi connectivity index (χ2v) is 5.95. The van der Waals surface area contributed by atoms with Crippen LogP contribution in [0.4, 0.5) is 0 Å². The lowest BCUT2D eigenvalue weighted by Gasteiger charge is -2.17. The van der Waals surface area contributed by atoms with Gasteiger partial charge in [0.15, 0.2) is 11.5 Å². The molecule has 2 rings (SSSR count). The minimum Gasteiger partial charge on any atom is -0.493 e. The number of nitrogens with one attached hydrogen (secondary N) is 1. The Kier molecular flexibility index (Phi) is 6.53. The summed E-state index contributed by atoms with van der Waals surface area (Å²) in [7, 11) is 4.62. The largest absolute Gasteiger partial charge is 0.493 e. The van der Waals surface area contributed by atoms with Crippen LogP contribution >= 0.6 is 11.6 Å². The van der Waals surface area contributed by atoms with Crippen molar-refractivity contribution in [2.45, 2.75) is 19.4 Å². The second-order valence-electron chi connectivity index (χ2n) is 5.51. The average molecular weight is 364 g/mol. The quantitative estimate of drug-likeness (QED) is 0.813. The Labute approximate surface area is 152 Å². The van der Waals surface area contributed by atoms with E-state index in [9.17, 15) is 4.79 Å². The number of carbonyl (C=O) groups is 1. The van der Waals surface area contributed by atoms with Crippen LogP contribution in [0.2, 0.25) is 5.02 Å². The zero-order valence-electron chi connectivity index (χ0n) is 14.8. The number of hydrogen-bond acceptors (Lipinski definition) is 4. The molecule has 0 saturated heterocycles. The first kappa shape index (κ1) is 18.9. The maximum Gasteiger partial charge on any atom is 0.225 e. The molecule has 1 amide bonds. The molecule has 0 heterocycles. The number of methoxy groups -OCH3 is 3. The molecule has 0 aliphatic heterocycles. The molecule has 0 radical (unpaired) electrons. The van der Waals surface area contributed by atoms with Gasteiger partial charge in [-0.25, -0.2) is 0 Å². The van der Waals surface area contributed by atoms with Crippen molar-refractivity contribution in [3.05, 3.63) is 52.5 Å². The van der Waals surface area contributed by atoms with Crippen molar-refractivity contribution in [2.24, 2.45) is 0 Å². The fourth-order valence-electron chi connectivity index (χ4n) is 2.63. The predicted octanol–water partition coefficient (Wildman–Crippen LogP) is 3.79. The fraction of sp³-hybridized carbons (Fsp3) is 0.316. The number of carbonyl (C=O) groups excluding carboxylic acids is 1. The number of halogens is 1. The molecule has 0 aromatic heterocycles. The highest BCUT2D eigenvalue weighted by atomic mass is 35.5. The molecule has 1 N–H and O–H groups in total. The molecule has 2 aromatic carbocycles. The Balaban J connectivity index is 2.15. The number of ether oxygens (including phenoxy) is 3. The lowest BCUT2D eigenvalue weighted by Crippen LogP contribution is -2.28. The molecule has 1 atom stereocenters. The van der Waals surface area contributed by atoms with Crippen LogP contribution < -0.4 is 19.5 Å². The van der Waals surface area contributed by atoms with Crippen LogP contribution in [0.25, 0.3) is 0 Å². The molecule has 0 unspecified atom stereocenters. The summed E-state index contributed by atoms with van der Waals surface area (Å²) in [6.07, 6.45) is 0.161. The molecular weight excluding hydrogens is 342 g/mol. The van der Waals surface area contributed by atoms with Gasteiger partial charge in [-0.2, -0.15) is 0 Å². The number of amides is 1. The molecule has 0 saturated carbocycles. The van der Waals surface area contributed by atoms with Crippen LogP contribution in [0.5, 0.6) is 17.2 Å². The van der Waals surface area contributed by atoms with Gasteiger partial charge in [0.2, 0.25) is 11.7 Å². The highest BCUT2D eigenvalue weighted by Gasteiger charge is 2.18. The molecule has 5 nitrogen and oxygen atoms in total. The van der Waals surface area contributed by atoms with E-state index in [1.807, 2.05) is 25.1 Å². The molecule has 0 fully saturated rings. The molecule has 0 spiro atoms.